The van der Waals surface area contributed by atoms with Crippen molar-refractivity contribution < 1.29 is 9.90 Å². The SMILES string of the molecule is O=C(Cn1cncn1)Nc1ccc(O)cc1. The first-order chi connectivity index (χ1) is 7.74. The minimum Gasteiger partial charge on any atom is -0.508 e. The van der Waals surface area contributed by atoms with Crippen molar-refractivity contribution >= 4 is 11.6 Å². The summed E-state index contributed by atoms with van der Waals surface area (Å²) < 4.78 is 1.43. The Morgan fingerprint density at radius 2 is 2.12 bits per heavy atom. The van der Waals surface area contributed by atoms with Gasteiger partial charge in [-0.2, -0.15) is 5.10 Å². The molecule has 2 rings (SSSR count). The third-order valence-electron chi connectivity index (χ3n) is 1.92. The molecule has 0 saturated carbocycles. The number of nitrogens with zero attached hydrogens (tertiary/aromatic N) is 3. The van der Waals surface area contributed by atoms with Crippen molar-refractivity contribution in [3.8, 4) is 5.75 Å². The summed E-state index contributed by atoms with van der Waals surface area (Å²) in [7, 11) is 0. The third kappa shape index (κ3) is 2.57. The van der Waals surface area contributed by atoms with Gasteiger partial charge in [-0.3, -0.25) is 4.79 Å². The summed E-state index contributed by atoms with van der Waals surface area (Å²) in [4.78, 5) is 15.2. The molecule has 1 amide bonds. The summed E-state index contributed by atoms with van der Waals surface area (Å²) in [5.41, 5.74) is 0.628. The number of phenols is 1. The van der Waals surface area contributed by atoms with E-state index in [9.17, 15) is 4.79 Å². The normalized spacial score (nSPS) is 10.0. The summed E-state index contributed by atoms with van der Waals surface area (Å²) in [6.07, 6.45) is 2.84. The molecule has 0 fully saturated rings. The standard InChI is InChI=1S/C10H10N4O2/c15-9-3-1-8(2-4-9)13-10(16)5-14-7-11-6-12-14/h1-4,6-7,15H,5H2,(H,13,16). The number of phenolic OH excluding ortho intramolecular Hbond substituents is 1. The Morgan fingerprint density at radius 3 is 2.75 bits per heavy atom. The van der Waals surface area contributed by atoms with Crippen LogP contribution < -0.4 is 5.32 Å². The van der Waals surface area contributed by atoms with E-state index in [-0.39, 0.29) is 18.2 Å². The molecule has 82 valence electrons. The molecule has 0 radical (unpaired) electrons. The molecule has 1 heterocycles. The van der Waals surface area contributed by atoms with Gasteiger partial charge in [0.15, 0.2) is 0 Å². The van der Waals surface area contributed by atoms with Crippen molar-refractivity contribution in [2.75, 3.05) is 5.32 Å². The fourth-order valence-corrected chi connectivity index (χ4v) is 1.21. The van der Waals surface area contributed by atoms with Gasteiger partial charge in [0.2, 0.25) is 5.91 Å². The highest BCUT2D eigenvalue weighted by atomic mass is 16.3. The van der Waals surface area contributed by atoms with Crippen LogP contribution in [0.5, 0.6) is 5.75 Å². The molecule has 0 unspecified atom stereocenters. The first-order valence-corrected chi connectivity index (χ1v) is 4.65. The Labute approximate surface area is 91.6 Å². The molecule has 16 heavy (non-hydrogen) atoms. The van der Waals surface area contributed by atoms with Crippen molar-refractivity contribution in [1.82, 2.24) is 14.8 Å². The van der Waals surface area contributed by atoms with E-state index in [0.29, 0.717) is 5.69 Å². The number of anilines is 1. The molecule has 2 N–H and O–H groups in total. The monoisotopic (exact) mass is 218 g/mol. The average Bonchev–Trinajstić information content (AvgIpc) is 2.74. The molecule has 0 aliphatic heterocycles. The quantitative estimate of drug-likeness (QED) is 0.740. The van der Waals surface area contributed by atoms with Crippen molar-refractivity contribution in [2.24, 2.45) is 0 Å². The van der Waals surface area contributed by atoms with Crippen LogP contribution in [0.15, 0.2) is 36.9 Å². The van der Waals surface area contributed by atoms with E-state index in [1.165, 1.54) is 29.5 Å². The smallest absolute Gasteiger partial charge is 0.246 e. The number of aromatic hydroxyl groups is 1. The van der Waals surface area contributed by atoms with Crippen molar-refractivity contribution in [3.05, 3.63) is 36.9 Å². The van der Waals surface area contributed by atoms with E-state index < -0.39 is 0 Å². The van der Waals surface area contributed by atoms with E-state index in [4.69, 9.17) is 5.11 Å². The molecular weight excluding hydrogens is 208 g/mol. The highest BCUT2D eigenvalue weighted by Crippen LogP contribution is 2.13. The molecule has 1 aromatic heterocycles. The van der Waals surface area contributed by atoms with Gasteiger partial charge in [0.25, 0.3) is 0 Å². The Balaban J connectivity index is 1.95. The number of amides is 1. The lowest BCUT2D eigenvalue weighted by Gasteiger charge is -2.04. The summed E-state index contributed by atoms with van der Waals surface area (Å²) in [5, 5.41) is 15.5. The molecule has 6 heteroatoms. The zero-order valence-corrected chi connectivity index (χ0v) is 8.37. The van der Waals surface area contributed by atoms with E-state index >= 15 is 0 Å². The largest absolute Gasteiger partial charge is 0.508 e. The predicted molar refractivity (Wildman–Crippen MR) is 56.8 cm³/mol. The molecule has 0 bridgehead atoms. The Morgan fingerprint density at radius 1 is 1.38 bits per heavy atom. The van der Waals surface area contributed by atoms with Crippen molar-refractivity contribution in [2.45, 2.75) is 6.54 Å². The highest BCUT2D eigenvalue weighted by molar-refractivity contribution is 5.90. The number of nitrogens with one attached hydrogen (secondary N) is 1. The maximum absolute atomic E-state index is 11.5. The van der Waals surface area contributed by atoms with Gasteiger partial charge in [-0.05, 0) is 24.3 Å². The Bertz CT molecular complexity index is 464. The van der Waals surface area contributed by atoms with Crippen LogP contribution in [0.25, 0.3) is 0 Å². The second kappa shape index (κ2) is 4.43. The van der Waals surface area contributed by atoms with Crippen LogP contribution in [0.4, 0.5) is 5.69 Å². The molecule has 1 aromatic carbocycles. The zero-order chi connectivity index (χ0) is 11.4. The second-order valence-corrected chi connectivity index (χ2v) is 3.19. The number of carbonyl (C=O) groups excluding carboxylic acids is 1. The van der Waals surface area contributed by atoms with Gasteiger partial charge in [-0.25, -0.2) is 9.67 Å². The number of carbonyl (C=O) groups is 1. The molecule has 0 atom stereocenters. The van der Waals surface area contributed by atoms with Gasteiger partial charge in [0.1, 0.15) is 24.9 Å². The summed E-state index contributed by atoms with van der Waals surface area (Å²) in [6.45, 7) is 0.112. The van der Waals surface area contributed by atoms with Crippen molar-refractivity contribution in [1.29, 1.82) is 0 Å². The molecule has 6 nitrogen and oxygen atoms in total. The molecule has 2 aromatic rings. The van der Waals surface area contributed by atoms with E-state index in [1.807, 2.05) is 0 Å². The van der Waals surface area contributed by atoms with Gasteiger partial charge >= 0.3 is 0 Å². The molecular formula is C10H10N4O2. The van der Waals surface area contributed by atoms with E-state index in [1.54, 1.807) is 12.1 Å². The van der Waals surface area contributed by atoms with Gasteiger partial charge in [-0.1, -0.05) is 0 Å². The van der Waals surface area contributed by atoms with E-state index in [0.717, 1.165) is 0 Å². The van der Waals surface area contributed by atoms with Crippen molar-refractivity contribution in [3.63, 3.8) is 0 Å². The summed E-state index contributed by atoms with van der Waals surface area (Å²) in [6, 6.07) is 6.25. The third-order valence-corrected chi connectivity index (χ3v) is 1.92. The Hall–Kier alpha value is -2.37. The lowest BCUT2D eigenvalue weighted by molar-refractivity contribution is -0.116. The lowest BCUT2D eigenvalue weighted by atomic mass is 10.3. The number of rotatable bonds is 3. The number of hydrogen-bond donors (Lipinski definition) is 2. The summed E-state index contributed by atoms with van der Waals surface area (Å²) >= 11 is 0. The minimum atomic E-state index is -0.198. The molecule has 0 aliphatic rings. The van der Waals surface area contributed by atoms with Gasteiger partial charge in [-0.15, -0.1) is 0 Å². The molecule has 0 saturated heterocycles. The van der Waals surface area contributed by atoms with Crippen LogP contribution in [0, 0.1) is 0 Å². The first kappa shape index (κ1) is 10.2. The second-order valence-electron chi connectivity index (χ2n) is 3.19. The van der Waals surface area contributed by atoms with Crippen LogP contribution in [0.3, 0.4) is 0 Å². The predicted octanol–water partition coefficient (Wildman–Crippen LogP) is 0.622. The minimum absolute atomic E-state index is 0.112. The van der Waals surface area contributed by atoms with Gasteiger partial charge in [0, 0.05) is 5.69 Å². The van der Waals surface area contributed by atoms with Crippen LogP contribution in [-0.4, -0.2) is 25.8 Å². The van der Waals surface area contributed by atoms with Crippen LogP contribution in [0.1, 0.15) is 0 Å². The topological polar surface area (TPSA) is 80.0 Å². The van der Waals surface area contributed by atoms with Crippen LogP contribution in [-0.2, 0) is 11.3 Å². The number of hydrogen-bond acceptors (Lipinski definition) is 4. The fraction of sp³-hybridized carbons (Fsp3) is 0.100. The maximum Gasteiger partial charge on any atom is 0.246 e. The highest BCUT2D eigenvalue weighted by Gasteiger charge is 2.03. The zero-order valence-electron chi connectivity index (χ0n) is 8.37. The summed E-state index contributed by atoms with van der Waals surface area (Å²) in [5.74, 6) is -0.0366. The molecule has 0 spiro atoms. The van der Waals surface area contributed by atoms with Crippen LogP contribution >= 0.6 is 0 Å². The Kier molecular flexibility index (Phi) is 2.81. The first-order valence-electron chi connectivity index (χ1n) is 4.65. The van der Waals surface area contributed by atoms with Gasteiger partial charge < -0.3 is 10.4 Å². The fourth-order valence-electron chi connectivity index (χ4n) is 1.21. The van der Waals surface area contributed by atoms with Gasteiger partial charge in [0.05, 0.1) is 0 Å². The number of benzene rings is 1. The lowest BCUT2D eigenvalue weighted by Crippen LogP contribution is -2.18. The molecule has 0 aliphatic carbocycles. The van der Waals surface area contributed by atoms with Crippen LogP contribution in [0.2, 0.25) is 0 Å². The maximum atomic E-state index is 11.5. The number of aromatic nitrogens is 3. The average molecular weight is 218 g/mol. The van der Waals surface area contributed by atoms with E-state index in [2.05, 4.69) is 15.4 Å².